The molecule has 0 aromatic heterocycles. The molecule has 63 heavy (non-hydrogen) atoms. The minimum absolute atomic E-state index is 0.0330. The number of imide groups is 4. The van der Waals surface area contributed by atoms with Crippen molar-refractivity contribution in [1.29, 1.82) is 0 Å². The van der Waals surface area contributed by atoms with Crippen LogP contribution in [0.3, 0.4) is 0 Å². The van der Waals surface area contributed by atoms with Crippen LogP contribution in [-0.2, 0) is 100 Å². The summed E-state index contributed by atoms with van der Waals surface area (Å²) in [5.41, 5.74) is -2.73. The summed E-state index contributed by atoms with van der Waals surface area (Å²) >= 11 is 0. The Hall–Kier alpha value is -4.86. The third-order valence-corrected chi connectivity index (χ3v) is 9.28. The Bertz CT molecular complexity index is 1530. The number of likely N-dealkylation sites (tertiary alicyclic amines) is 2. The van der Waals surface area contributed by atoms with Crippen LogP contribution < -0.4 is 0 Å². The summed E-state index contributed by atoms with van der Waals surface area (Å²) in [4.78, 5) is 135. The maximum Gasteiger partial charge on any atom is 0.382 e. The van der Waals surface area contributed by atoms with Gasteiger partial charge in [-0.05, 0) is 0 Å². The first-order chi connectivity index (χ1) is 30.5. The maximum absolute atomic E-state index is 13.8. The van der Waals surface area contributed by atoms with E-state index in [0.717, 1.165) is 0 Å². The molecule has 0 unspecified atom stereocenters. The molecule has 4 aliphatic heterocycles. The van der Waals surface area contributed by atoms with Crippen molar-refractivity contribution in [1.82, 2.24) is 19.9 Å². The number of rotatable bonds is 34. The van der Waals surface area contributed by atoms with Gasteiger partial charge >= 0.3 is 11.9 Å². The van der Waals surface area contributed by atoms with Gasteiger partial charge in [-0.1, -0.05) is 0 Å². The molecule has 0 saturated carbocycles. The standard InChI is InChI=1S/C38H54N4O21/c43-28-1-2-29(44)39(28)38(40-30(45)3-4-31(40)46,37(52)63-42-34(49)7-8-35(42)50)27-61-26-25-60-24-23-59-22-21-58-20-19-57-18-17-56-16-15-55-14-13-54-12-11-53-10-9-36(51)62-41-32(47)5-6-33(41)48/h1-27H2. The van der Waals surface area contributed by atoms with Gasteiger partial charge in [0.1, 0.15) is 6.61 Å². The van der Waals surface area contributed by atoms with Crippen molar-refractivity contribution >= 4 is 59.2 Å². The van der Waals surface area contributed by atoms with Gasteiger partial charge in [0.25, 0.3) is 29.3 Å². The first-order valence-electron chi connectivity index (χ1n) is 20.5. The van der Waals surface area contributed by atoms with Gasteiger partial charge in [-0.25, -0.2) is 19.4 Å². The van der Waals surface area contributed by atoms with Gasteiger partial charge in [0.2, 0.25) is 23.6 Å². The van der Waals surface area contributed by atoms with Crippen molar-refractivity contribution in [3.8, 4) is 0 Å². The number of carbonyl (C=O) groups is 10. The highest BCUT2D eigenvalue weighted by atomic mass is 16.7. The van der Waals surface area contributed by atoms with Crippen molar-refractivity contribution < 1.29 is 100 Å². The van der Waals surface area contributed by atoms with Crippen LogP contribution >= 0.6 is 0 Å². The number of carbonyl (C=O) groups excluding carboxylic acids is 10. The van der Waals surface area contributed by atoms with Crippen molar-refractivity contribution in [3.05, 3.63) is 0 Å². The summed E-state index contributed by atoms with van der Waals surface area (Å²) in [6.07, 6.45) is -1.78. The molecule has 4 aliphatic rings. The smallest absolute Gasteiger partial charge is 0.378 e. The Labute approximate surface area is 361 Å². The van der Waals surface area contributed by atoms with E-state index in [4.69, 9.17) is 52.3 Å². The highest BCUT2D eigenvalue weighted by Gasteiger charge is 2.63. The molecule has 0 aromatic rings. The lowest BCUT2D eigenvalue weighted by molar-refractivity contribution is -0.220. The van der Waals surface area contributed by atoms with Crippen LogP contribution in [0, 0.1) is 0 Å². The fraction of sp³-hybridized carbons (Fsp3) is 0.737. The molecule has 0 N–H and O–H groups in total. The number of hydrogen-bond acceptors (Lipinski definition) is 21. The number of hydrogen-bond donors (Lipinski definition) is 0. The SMILES string of the molecule is O=C(CCOCCOCCOCCOCCOCCOCCOCCOCCOCC(C(=O)ON1C(=O)CCC1=O)(N1C(=O)CCC1=O)N1C(=O)CCC1=O)ON1C(=O)CCC1=O. The van der Waals surface area contributed by atoms with Crippen molar-refractivity contribution in [2.45, 2.75) is 63.5 Å². The Balaban J connectivity index is 0.944. The van der Waals surface area contributed by atoms with Gasteiger partial charge < -0.3 is 52.3 Å². The average molecular weight is 903 g/mol. The molecule has 0 radical (unpaired) electrons. The van der Waals surface area contributed by atoms with Crippen molar-refractivity contribution in [3.63, 3.8) is 0 Å². The van der Waals surface area contributed by atoms with Gasteiger partial charge in [0.05, 0.1) is 119 Å². The Kier molecular flexibility index (Phi) is 22.0. The lowest BCUT2D eigenvalue weighted by atomic mass is 10.1. The van der Waals surface area contributed by atoms with E-state index in [1.807, 2.05) is 0 Å². The minimum Gasteiger partial charge on any atom is -0.378 e. The largest absolute Gasteiger partial charge is 0.382 e. The van der Waals surface area contributed by atoms with Gasteiger partial charge in [-0.3, -0.25) is 38.4 Å². The second-order valence-electron chi connectivity index (χ2n) is 13.8. The number of ether oxygens (including phenoxy) is 9. The number of amides is 8. The summed E-state index contributed by atoms with van der Waals surface area (Å²) in [6, 6.07) is 0. The van der Waals surface area contributed by atoms with Crippen LogP contribution in [0.4, 0.5) is 0 Å². The zero-order valence-electron chi connectivity index (χ0n) is 35.0. The van der Waals surface area contributed by atoms with E-state index >= 15 is 0 Å². The molecule has 8 amide bonds. The highest BCUT2D eigenvalue weighted by Crippen LogP contribution is 2.34. The lowest BCUT2D eigenvalue weighted by Crippen LogP contribution is -2.71. The van der Waals surface area contributed by atoms with Crippen LogP contribution in [-0.4, -0.2) is 204 Å². The second-order valence-corrected chi connectivity index (χ2v) is 13.8. The summed E-state index contributed by atoms with van der Waals surface area (Å²) < 4.78 is 48.9. The third-order valence-electron chi connectivity index (χ3n) is 9.28. The van der Waals surface area contributed by atoms with Crippen LogP contribution in [0.5, 0.6) is 0 Å². The van der Waals surface area contributed by atoms with E-state index in [1.165, 1.54) is 0 Å². The van der Waals surface area contributed by atoms with E-state index in [1.54, 1.807) is 0 Å². The summed E-state index contributed by atoms with van der Waals surface area (Å²) in [5, 5.41) is 0.690. The van der Waals surface area contributed by atoms with Gasteiger partial charge in [-0.2, -0.15) is 0 Å². The molecule has 0 aromatic carbocycles. The minimum atomic E-state index is -2.73. The molecule has 0 aliphatic carbocycles. The molecular formula is C38H54N4O21. The number of nitrogens with zero attached hydrogens (tertiary/aromatic N) is 4. The summed E-state index contributed by atoms with van der Waals surface area (Å²) in [6.45, 7) is 3.21. The molecule has 4 rings (SSSR count). The Morgan fingerprint density at radius 2 is 0.603 bits per heavy atom. The summed E-state index contributed by atoms with van der Waals surface area (Å²) in [5.74, 6) is -8.55. The van der Waals surface area contributed by atoms with Gasteiger partial charge in [0, 0.05) is 51.4 Å². The zero-order chi connectivity index (χ0) is 45.5. The first kappa shape index (κ1) is 50.8. The molecule has 4 heterocycles. The number of hydroxylamine groups is 4. The monoisotopic (exact) mass is 902 g/mol. The van der Waals surface area contributed by atoms with E-state index in [0.29, 0.717) is 80.9 Å². The van der Waals surface area contributed by atoms with Crippen molar-refractivity contribution in [2.24, 2.45) is 0 Å². The van der Waals surface area contributed by atoms with Crippen LogP contribution in [0.25, 0.3) is 0 Å². The van der Waals surface area contributed by atoms with Crippen LogP contribution in [0.1, 0.15) is 57.8 Å². The molecule has 0 bridgehead atoms. The third kappa shape index (κ3) is 15.7. The zero-order valence-corrected chi connectivity index (χ0v) is 35.0. The Morgan fingerprint density at radius 1 is 0.349 bits per heavy atom. The fourth-order valence-electron chi connectivity index (χ4n) is 6.20. The molecular weight excluding hydrogens is 848 g/mol. The summed E-state index contributed by atoms with van der Waals surface area (Å²) in [7, 11) is 0. The molecule has 352 valence electrons. The lowest BCUT2D eigenvalue weighted by Gasteiger charge is -2.42. The predicted octanol–water partition coefficient (Wildman–Crippen LogP) is -2.27. The fourth-order valence-corrected chi connectivity index (χ4v) is 6.20. The average Bonchev–Trinajstić information content (AvgIpc) is 3.99. The van der Waals surface area contributed by atoms with E-state index in [9.17, 15) is 47.9 Å². The molecule has 25 heteroatoms. The van der Waals surface area contributed by atoms with Gasteiger partial charge in [-0.15, -0.1) is 10.1 Å². The molecule has 25 nitrogen and oxygen atoms in total. The highest BCUT2D eigenvalue weighted by molar-refractivity contribution is 6.12. The maximum atomic E-state index is 13.8. The topological polar surface area (TPSA) is 285 Å². The van der Waals surface area contributed by atoms with E-state index < -0.39 is 71.5 Å². The normalized spacial score (nSPS) is 17.1. The van der Waals surface area contributed by atoms with Gasteiger partial charge in [0.15, 0.2) is 0 Å². The Morgan fingerprint density at radius 3 is 0.921 bits per heavy atom. The second kappa shape index (κ2) is 27.4. The first-order valence-corrected chi connectivity index (χ1v) is 20.5. The quantitative estimate of drug-likeness (QED) is 0.0486. The van der Waals surface area contributed by atoms with Crippen LogP contribution in [0.15, 0.2) is 0 Å². The molecule has 4 saturated heterocycles. The van der Waals surface area contributed by atoms with E-state index in [2.05, 4.69) is 0 Å². The molecule has 4 fully saturated rings. The van der Waals surface area contributed by atoms with Crippen LogP contribution in [0.2, 0.25) is 0 Å². The van der Waals surface area contributed by atoms with Crippen molar-refractivity contribution in [2.75, 3.05) is 119 Å². The molecule has 0 atom stereocenters. The molecule has 0 spiro atoms. The predicted molar refractivity (Wildman–Crippen MR) is 201 cm³/mol. The van der Waals surface area contributed by atoms with E-state index in [-0.39, 0.29) is 109 Å².